The van der Waals surface area contributed by atoms with Gasteiger partial charge in [-0.25, -0.2) is 4.98 Å². The average molecular weight is 386 g/mol. The average Bonchev–Trinajstić information content (AvgIpc) is 2.88. The highest BCUT2D eigenvalue weighted by molar-refractivity contribution is 9.10. The minimum absolute atomic E-state index is 0.186. The van der Waals surface area contributed by atoms with Crippen molar-refractivity contribution in [2.75, 3.05) is 0 Å². The van der Waals surface area contributed by atoms with Crippen LogP contribution in [0.25, 0.3) is 10.2 Å². The molecule has 0 bridgehead atoms. The number of alkyl halides is 3. The fraction of sp³-hybridized carbons (Fsp3) is 0.0667. The number of halogens is 4. The van der Waals surface area contributed by atoms with Gasteiger partial charge in [-0.1, -0.05) is 28.1 Å². The molecule has 3 rings (SSSR count). The highest BCUT2D eigenvalue weighted by Gasteiger charge is 2.30. The van der Waals surface area contributed by atoms with Crippen LogP contribution in [0.1, 0.15) is 20.9 Å². The van der Waals surface area contributed by atoms with Gasteiger partial charge in [-0.15, -0.1) is 11.3 Å². The fourth-order valence-corrected chi connectivity index (χ4v) is 3.41. The first-order valence-corrected chi connectivity index (χ1v) is 7.73. The molecule has 0 aliphatic heterocycles. The Bertz CT molecular complexity index is 855. The second kappa shape index (κ2) is 5.48. The Labute approximate surface area is 135 Å². The van der Waals surface area contributed by atoms with Gasteiger partial charge in [0, 0.05) is 10.0 Å². The van der Waals surface area contributed by atoms with Crippen LogP contribution >= 0.6 is 27.3 Å². The molecule has 0 saturated heterocycles. The van der Waals surface area contributed by atoms with E-state index in [9.17, 15) is 18.0 Å². The van der Waals surface area contributed by atoms with Crippen molar-refractivity contribution in [2.24, 2.45) is 0 Å². The van der Waals surface area contributed by atoms with Gasteiger partial charge in [-0.2, -0.15) is 13.2 Å². The number of fused-ring (bicyclic) bond motifs is 1. The van der Waals surface area contributed by atoms with Gasteiger partial charge in [-0.3, -0.25) is 4.79 Å². The zero-order valence-corrected chi connectivity index (χ0v) is 13.2. The van der Waals surface area contributed by atoms with E-state index in [0.29, 0.717) is 5.52 Å². The number of carbonyl (C=O) groups is 1. The second-order valence-corrected chi connectivity index (χ2v) is 6.48. The topological polar surface area (TPSA) is 30.0 Å². The number of nitrogens with zero attached hydrogens (tertiary/aromatic N) is 1. The van der Waals surface area contributed by atoms with Crippen LogP contribution in [-0.2, 0) is 6.18 Å². The molecule has 2 aromatic carbocycles. The lowest BCUT2D eigenvalue weighted by Gasteiger charge is -2.06. The summed E-state index contributed by atoms with van der Waals surface area (Å²) < 4.78 is 39.3. The van der Waals surface area contributed by atoms with Crippen molar-refractivity contribution in [3.05, 3.63) is 63.1 Å². The number of aromatic nitrogens is 1. The number of ketones is 1. The summed E-state index contributed by atoms with van der Waals surface area (Å²) in [6, 6.07) is 9.58. The molecular weight excluding hydrogens is 379 g/mol. The Morgan fingerprint density at radius 3 is 2.41 bits per heavy atom. The summed E-state index contributed by atoms with van der Waals surface area (Å²) in [5.41, 5.74) is 0.0897. The summed E-state index contributed by atoms with van der Waals surface area (Å²) in [4.78, 5) is 16.5. The quantitative estimate of drug-likeness (QED) is 0.559. The van der Waals surface area contributed by atoms with E-state index in [0.717, 1.165) is 21.3 Å². The zero-order chi connectivity index (χ0) is 15.9. The monoisotopic (exact) mass is 385 g/mol. The number of hydrogen-bond donors (Lipinski definition) is 0. The van der Waals surface area contributed by atoms with Crippen molar-refractivity contribution in [3.63, 3.8) is 0 Å². The van der Waals surface area contributed by atoms with Gasteiger partial charge in [0.15, 0.2) is 5.01 Å². The van der Waals surface area contributed by atoms with Crippen molar-refractivity contribution >= 4 is 43.3 Å². The molecule has 0 fully saturated rings. The normalized spacial score (nSPS) is 11.8. The third-order valence-corrected chi connectivity index (χ3v) is 4.53. The highest BCUT2D eigenvalue weighted by Crippen LogP contribution is 2.30. The van der Waals surface area contributed by atoms with E-state index < -0.39 is 11.7 Å². The van der Waals surface area contributed by atoms with E-state index in [-0.39, 0.29) is 16.4 Å². The summed E-state index contributed by atoms with van der Waals surface area (Å²) in [5.74, 6) is -0.383. The van der Waals surface area contributed by atoms with E-state index >= 15 is 0 Å². The number of benzene rings is 2. The first-order chi connectivity index (χ1) is 10.3. The number of rotatable bonds is 2. The van der Waals surface area contributed by atoms with E-state index in [2.05, 4.69) is 20.9 Å². The maximum atomic E-state index is 12.5. The summed E-state index contributed by atoms with van der Waals surface area (Å²) in [6.45, 7) is 0. The molecule has 0 radical (unpaired) electrons. The summed E-state index contributed by atoms with van der Waals surface area (Å²) in [5, 5.41) is 0.257. The van der Waals surface area contributed by atoms with Gasteiger partial charge in [-0.05, 0) is 30.3 Å². The lowest BCUT2D eigenvalue weighted by molar-refractivity contribution is -0.137. The van der Waals surface area contributed by atoms with Gasteiger partial charge >= 0.3 is 6.18 Å². The number of hydrogen-bond acceptors (Lipinski definition) is 3. The molecule has 22 heavy (non-hydrogen) atoms. The van der Waals surface area contributed by atoms with Gasteiger partial charge in [0.05, 0.1) is 15.8 Å². The minimum atomic E-state index is -4.41. The number of thiazole rings is 1. The van der Waals surface area contributed by atoms with Gasteiger partial charge in [0.25, 0.3) is 0 Å². The Balaban J connectivity index is 1.95. The third-order valence-electron chi connectivity index (χ3n) is 3.02. The van der Waals surface area contributed by atoms with Crippen molar-refractivity contribution in [2.45, 2.75) is 6.18 Å². The second-order valence-electron chi connectivity index (χ2n) is 4.54. The molecule has 0 atom stereocenters. The van der Waals surface area contributed by atoms with Crippen LogP contribution in [0, 0.1) is 0 Å². The van der Waals surface area contributed by atoms with Crippen LogP contribution in [0.5, 0.6) is 0 Å². The van der Waals surface area contributed by atoms with Crippen molar-refractivity contribution in [1.82, 2.24) is 4.98 Å². The maximum Gasteiger partial charge on any atom is 0.416 e. The van der Waals surface area contributed by atoms with Crippen molar-refractivity contribution in [3.8, 4) is 0 Å². The van der Waals surface area contributed by atoms with Gasteiger partial charge in [0.2, 0.25) is 5.78 Å². The molecule has 0 aliphatic rings. The smallest absolute Gasteiger partial charge is 0.286 e. The standard InChI is InChI=1S/C15H7BrF3NOS/c16-10-5-6-11-12(7-10)22-14(20-11)13(21)8-1-3-9(4-2-8)15(17,18)19/h1-7H. The SMILES string of the molecule is O=C(c1ccc(C(F)(F)F)cc1)c1nc2ccc(Br)cc2s1. The molecule has 0 unspecified atom stereocenters. The van der Waals surface area contributed by atoms with Crippen LogP contribution in [0.4, 0.5) is 13.2 Å². The summed E-state index contributed by atoms with van der Waals surface area (Å²) in [7, 11) is 0. The Morgan fingerprint density at radius 2 is 1.77 bits per heavy atom. The lowest BCUT2D eigenvalue weighted by Crippen LogP contribution is -2.06. The van der Waals surface area contributed by atoms with Crippen molar-refractivity contribution < 1.29 is 18.0 Å². The Hall–Kier alpha value is -1.73. The molecule has 112 valence electrons. The fourth-order valence-electron chi connectivity index (χ4n) is 1.93. The first-order valence-electron chi connectivity index (χ1n) is 6.12. The summed E-state index contributed by atoms with van der Waals surface area (Å²) >= 11 is 4.55. The predicted molar refractivity (Wildman–Crippen MR) is 82.2 cm³/mol. The lowest BCUT2D eigenvalue weighted by atomic mass is 10.1. The molecule has 7 heteroatoms. The molecule has 3 aromatic rings. The highest BCUT2D eigenvalue weighted by atomic mass is 79.9. The third kappa shape index (κ3) is 2.91. The molecule has 0 N–H and O–H groups in total. The van der Waals surface area contributed by atoms with Crippen LogP contribution in [0.2, 0.25) is 0 Å². The van der Waals surface area contributed by atoms with E-state index in [4.69, 9.17) is 0 Å². The Morgan fingerprint density at radius 1 is 1.09 bits per heavy atom. The van der Waals surface area contributed by atoms with E-state index in [1.165, 1.54) is 23.5 Å². The molecule has 0 saturated carbocycles. The molecular formula is C15H7BrF3NOS. The molecule has 2 nitrogen and oxygen atoms in total. The van der Waals surface area contributed by atoms with Gasteiger partial charge in [0.1, 0.15) is 0 Å². The van der Waals surface area contributed by atoms with E-state index in [1.54, 1.807) is 6.07 Å². The van der Waals surface area contributed by atoms with Crippen molar-refractivity contribution in [1.29, 1.82) is 0 Å². The molecule has 0 spiro atoms. The maximum absolute atomic E-state index is 12.5. The minimum Gasteiger partial charge on any atom is -0.286 e. The van der Waals surface area contributed by atoms with Crippen LogP contribution in [-0.4, -0.2) is 10.8 Å². The molecule has 1 heterocycles. The predicted octanol–water partition coefficient (Wildman–Crippen LogP) is 5.31. The van der Waals surface area contributed by atoms with Gasteiger partial charge < -0.3 is 0 Å². The van der Waals surface area contributed by atoms with Crippen LogP contribution < -0.4 is 0 Å². The number of carbonyl (C=O) groups excluding carboxylic acids is 1. The first kappa shape index (κ1) is 15.2. The van der Waals surface area contributed by atoms with Crippen LogP contribution in [0.3, 0.4) is 0 Å². The largest absolute Gasteiger partial charge is 0.416 e. The zero-order valence-electron chi connectivity index (χ0n) is 10.8. The molecule has 1 aromatic heterocycles. The molecule has 0 amide bonds. The van der Waals surface area contributed by atoms with E-state index in [1.807, 2.05) is 12.1 Å². The Kier molecular flexibility index (Phi) is 3.78. The molecule has 0 aliphatic carbocycles. The van der Waals surface area contributed by atoms with Crippen LogP contribution in [0.15, 0.2) is 46.9 Å². The summed E-state index contributed by atoms with van der Waals surface area (Å²) in [6.07, 6.45) is -4.41.